The molecular weight excluding hydrogens is 431 g/mol. The molecule has 0 aromatic heterocycles. The molecule has 4 N–H and O–H groups in total. The van der Waals surface area contributed by atoms with Gasteiger partial charge in [-0.25, -0.2) is 9.59 Å². The number of nitrogens with one attached hydrogen (secondary N) is 3. The zero-order valence-electron chi connectivity index (χ0n) is 17.5. The van der Waals surface area contributed by atoms with Gasteiger partial charge in [0.2, 0.25) is 0 Å². The minimum absolute atomic E-state index is 0.0656. The van der Waals surface area contributed by atoms with Gasteiger partial charge in [-0.05, 0) is 63.1 Å². The number of hydrogen-bond acceptors (Lipinski definition) is 5. The van der Waals surface area contributed by atoms with Crippen molar-refractivity contribution in [3.8, 4) is 0 Å². The first-order valence-corrected chi connectivity index (χ1v) is 10.4. The highest BCUT2D eigenvalue weighted by molar-refractivity contribution is 5.96. The summed E-state index contributed by atoms with van der Waals surface area (Å²) in [7, 11) is 0. The molecule has 3 unspecified atom stereocenters. The third-order valence-electron chi connectivity index (χ3n) is 5.84. The average Bonchev–Trinajstić information content (AvgIpc) is 3.05. The number of piperidine rings is 1. The highest BCUT2D eigenvalue weighted by atomic mass is 19.4. The Morgan fingerprint density at radius 1 is 1.25 bits per heavy atom. The number of carboxylic acid groups (broad SMARTS) is 1. The molecule has 3 heterocycles. The van der Waals surface area contributed by atoms with Crippen LogP contribution in [0.5, 0.6) is 0 Å². The Morgan fingerprint density at radius 3 is 2.47 bits per heavy atom. The van der Waals surface area contributed by atoms with Gasteiger partial charge in [-0.1, -0.05) is 0 Å². The summed E-state index contributed by atoms with van der Waals surface area (Å²) in [6, 6.07) is 6.82. The maximum Gasteiger partial charge on any atom is 0.490 e. The summed E-state index contributed by atoms with van der Waals surface area (Å²) < 4.78 is 36.7. The van der Waals surface area contributed by atoms with Gasteiger partial charge in [-0.15, -0.1) is 0 Å². The zero-order chi connectivity index (χ0) is 23.5. The number of ether oxygens (including phenoxy) is 1. The second-order valence-corrected chi connectivity index (χ2v) is 8.46. The van der Waals surface area contributed by atoms with Gasteiger partial charge in [0.25, 0.3) is 5.91 Å². The van der Waals surface area contributed by atoms with Crippen molar-refractivity contribution in [2.45, 2.75) is 69.9 Å². The minimum atomic E-state index is -5.08. The number of carbonyl (C=O) groups is 3. The van der Waals surface area contributed by atoms with Crippen LogP contribution in [-0.4, -0.2) is 47.4 Å². The van der Waals surface area contributed by atoms with E-state index in [4.69, 9.17) is 14.6 Å². The van der Waals surface area contributed by atoms with E-state index in [1.807, 2.05) is 0 Å². The van der Waals surface area contributed by atoms with E-state index in [0.717, 1.165) is 12.0 Å². The van der Waals surface area contributed by atoms with Crippen molar-refractivity contribution in [3.63, 3.8) is 0 Å². The third kappa shape index (κ3) is 6.35. The van der Waals surface area contributed by atoms with Gasteiger partial charge < -0.3 is 20.5 Å². The Balaban J connectivity index is 0.000000360. The van der Waals surface area contributed by atoms with Crippen LogP contribution in [0.4, 0.5) is 23.7 Å². The number of carboxylic acids is 1. The van der Waals surface area contributed by atoms with E-state index in [2.05, 4.69) is 22.9 Å². The molecule has 176 valence electrons. The molecule has 32 heavy (non-hydrogen) atoms. The van der Waals surface area contributed by atoms with Crippen LogP contribution in [0.15, 0.2) is 18.2 Å². The molecule has 8 nitrogen and oxygen atoms in total. The molecule has 2 fully saturated rings. The van der Waals surface area contributed by atoms with Crippen LogP contribution >= 0.6 is 0 Å². The molecule has 0 spiro atoms. The van der Waals surface area contributed by atoms with E-state index < -0.39 is 18.2 Å². The fraction of sp³-hybridized carbons (Fsp3) is 0.571. The molecule has 3 atom stereocenters. The number of rotatable bonds is 4. The molecule has 0 aliphatic carbocycles. The SMILES string of the molecule is CC(CC1CC2CCC(C1)N2)NC(=O)c1ccc2c(c1)COC(=O)N2.O=C(O)C(F)(F)F. The Morgan fingerprint density at radius 2 is 1.88 bits per heavy atom. The van der Waals surface area contributed by atoms with Crippen molar-refractivity contribution in [3.05, 3.63) is 29.3 Å². The lowest BCUT2D eigenvalue weighted by molar-refractivity contribution is -0.192. The number of halogens is 3. The van der Waals surface area contributed by atoms with Crippen molar-refractivity contribution >= 4 is 23.7 Å². The van der Waals surface area contributed by atoms with Gasteiger partial charge in [-0.3, -0.25) is 10.1 Å². The summed E-state index contributed by atoms with van der Waals surface area (Å²) in [4.78, 5) is 32.6. The Hall–Kier alpha value is -2.82. The van der Waals surface area contributed by atoms with Crippen molar-refractivity contribution in [1.82, 2.24) is 10.6 Å². The predicted octanol–water partition coefficient (Wildman–Crippen LogP) is 3.42. The first-order valence-electron chi connectivity index (χ1n) is 10.4. The van der Waals surface area contributed by atoms with Gasteiger partial charge in [-0.2, -0.15) is 13.2 Å². The maximum absolute atomic E-state index is 12.5. The summed E-state index contributed by atoms with van der Waals surface area (Å²) >= 11 is 0. The van der Waals surface area contributed by atoms with Gasteiger partial charge >= 0.3 is 18.2 Å². The monoisotopic (exact) mass is 457 g/mol. The predicted molar refractivity (Wildman–Crippen MR) is 108 cm³/mol. The van der Waals surface area contributed by atoms with Gasteiger partial charge in [0.05, 0.1) is 5.69 Å². The lowest BCUT2D eigenvalue weighted by Crippen LogP contribution is -2.41. The smallest absolute Gasteiger partial charge is 0.475 e. The number of benzene rings is 1. The Kier molecular flexibility index (Phi) is 7.27. The number of cyclic esters (lactones) is 1. The van der Waals surface area contributed by atoms with Crippen molar-refractivity contribution in [2.24, 2.45) is 5.92 Å². The molecule has 0 radical (unpaired) electrons. The molecule has 1 aromatic carbocycles. The van der Waals surface area contributed by atoms with Crippen LogP contribution in [0.2, 0.25) is 0 Å². The number of fused-ring (bicyclic) bond motifs is 3. The number of hydrogen-bond donors (Lipinski definition) is 4. The summed E-state index contributed by atoms with van der Waals surface area (Å²) in [5, 5.41) is 16.5. The molecule has 2 amide bonds. The van der Waals surface area contributed by atoms with Crippen molar-refractivity contribution in [2.75, 3.05) is 5.32 Å². The quantitative estimate of drug-likeness (QED) is 0.551. The highest BCUT2D eigenvalue weighted by Gasteiger charge is 2.38. The summed E-state index contributed by atoms with van der Waals surface area (Å²) in [5.74, 6) is -2.13. The first-order chi connectivity index (χ1) is 15.0. The second-order valence-electron chi connectivity index (χ2n) is 8.46. The zero-order valence-corrected chi connectivity index (χ0v) is 17.5. The molecule has 0 saturated carbocycles. The van der Waals surface area contributed by atoms with Crippen molar-refractivity contribution in [1.29, 1.82) is 0 Å². The fourth-order valence-corrected chi connectivity index (χ4v) is 4.50. The largest absolute Gasteiger partial charge is 0.490 e. The summed E-state index contributed by atoms with van der Waals surface area (Å²) in [6.45, 7) is 2.29. The molecule has 3 aliphatic heterocycles. The van der Waals surface area contributed by atoms with Gasteiger partial charge in [0, 0.05) is 29.3 Å². The van der Waals surface area contributed by atoms with Crippen LogP contribution in [-0.2, 0) is 16.1 Å². The fourth-order valence-electron chi connectivity index (χ4n) is 4.50. The van der Waals surface area contributed by atoms with E-state index in [1.165, 1.54) is 25.7 Å². The van der Waals surface area contributed by atoms with Crippen molar-refractivity contribution < 1.29 is 37.4 Å². The molecular formula is C21H26F3N3O5. The Bertz CT molecular complexity index is 865. The van der Waals surface area contributed by atoms with Gasteiger partial charge in [0.15, 0.2) is 0 Å². The molecule has 1 aromatic rings. The normalized spacial score (nSPS) is 24.8. The number of carbonyl (C=O) groups excluding carboxylic acids is 2. The van der Waals surface area contributed by atoms with Crippen LogP contribution in [0.3, 0.4) is 0 Å². The maximum atomic E-state index is 12.5. The van der Waals surface area contributed by atoms with Gasteiger partial charge in [0.1, 0.15) is 6.61 Å². The number of aliphatic carboxylic acids is 1. The lowest BCUT2D eigenvalue weighted by atomic mass is 9.87. The van der Waals surface area contributed by atoms with Crippen LogP contribution in [0, 0.1) is 5.92 Å². The number of amides is 2. The highest BCUT2D eigenvalue weighted by Crippen LogP contribution is 2.33. The minimum Gasteiger partial charge on any atom is -0.475 e. The molecule has 4 rings (SSSR count). The lowest BCUT2D eigenvalue weighted by Gasteiger charge is -2.31. The standard InChI is InChI=1S/C19H25N3O3.C2HF3O2/c1-11(6-12-7-15-3-4-16(8-12)21-15)20-18(23)13-2-5-17-14(9-13)10-25-19(24)22-17;3-2(4,5)1(6)7/h2,5,9,11-12,15-16,21H,3-4,6-8,10H2,1H3,(H,20,23)(H,22,24);(H,6,7). The second kappa shape index (κ2) is 9.76. The van der Waals surface area contributed by atoms with E-state index in [1.54, 1.807) is 18.2 Å². The van der Waals surface area contributed by atoms with E-state index in [0.29, 0.717) is 29.3 Å². The molecule has 2 saturated heterocycles. The topological polar surface area (TPSA) is 117 Å². The molecule has 2 bridgehead atoms. The first kappa shape index (κ1) is 23.8. The van der Waals surface area contributed by atoms with Crippen LogP contribution in [0.25, 0.3) is 0 Å². The average molecular weight is 457 g/mol. The van der Waals surface area contributed by atoms with Crippen LogP contribution in [0.1, 0.15) is 54.9 Å². The van der Waals surface area contributed by atoms with E-state index in [9.17, 15) is 22.8 Å². The molecule has 11 heteroatoms. The Labute approximate surface area is 182 Å². The summed E-state index contributed by atoms with van der Waals surface area (Å²) in [5.41, 5.74) is 2.15. The number of anilines is 1. The summed E-state index contributed by atoms with van der Waals surface area (Å²) in [6.07, 6.45) is 0.559. The number of alkyl halides is 3. The van der Waals surface area contributed by atoms with E-state index in [-0.39, 0.29) is 18.6 Å². The van der Waals surface area contributed by atoms with E-state index >= 15 is 0 Å². The molecule has 3 aliphatic rings. The third-order valence-corrected chi connectivity index (χ3v) is 5.84. The van der Waals surface area contributed by atoms with Crippen LogP contribution < -0.4 is 16.0 Å².